The fourth-order valence-electron chi connectivity index (χ4n) is 1.13. The van der Waals surface area contributed by atoms with Crippen LogP contribution in [0.25, 0.3) is 0 Å². The summed E-state index contributed by atoms with van der Waals surface area (Å²) in [5.41, 5.74) is 5.00. The van der Waals surface area contributed by atoms with E-state index >= 15 is 0 Å². The molecule has 0 saturated heterocycles. The Bertz CT molecular complexity index is 188. The van der Waals surface area contributed by atoms with Crippen LogP contribution in [0.2, 0.25) is 0 Å². The third-order valence-electron chi connectivity index (χ3n) is 1.91. The molecular formula is C6H10ClF2NO2. The molecule has 12 heavy (non-hydrogen) atoms. The van der Waals surface area contributed by atoms with Crippen molar-refractivity contribution in [3.8, 4) is 0 Å². The van der Waals surface area contributed by atoms with Gasteiger partial charge in [-0.1, -0.05) is 0 Å². The molecule has 6 heteroatoms. The van der Waals surface area contributed by atoms with Gasteiger partial charge in [0.25, 0.3) is 5.92 Å². The molecule has 0 unspecified atom stereocenters. The molecule has 0 spiro atoms. The number of halogens is 3. The molecule has 1 saturated carbocycles. The second-order valence-electron chi connectivity index (χ2n) is 2.52. The predicted octanol–water partition coefficient (Wildman–Crippen LogP) is 0.421. The third-order valence-corrected chi connectivity index (χ3v) is 1.91. The Morgan fingerprint density at radius 1 is 1.67 bits per heavy atom. The summed E-state index contributed by atoms with van der Waals surface area (Å²) in [4.78, 5) is 10.6. The van der Waals surface area contributed by atoms with Crippen LogP contribution >= 0.6 is 12.4 Å². The molecule has 1 aliphatic carbocycles. The maximum Gasteiger partial charge on any atom is 0.315 e. The minimum atomic E-state index is -2.94. The van der Waals surface area contributed by atoms with Gasteiger partial charge in [-0.15, -0.1) is 12.4 Å². The molecule has 2 N–H and O–H groups in total. The monoisotopic (exact) mass is 201 g/mol. The normalized spacial score (nSPS) is 30.3. The van der Waals surface area contributed by atoms with Gasteiger partial charge in [-0.25, -0.2) is 8.78 Å². The molecule has 0 aromatic rings. The lowest BCUT2D eigenvalue weighted by molar-refractivity contribution is -0.144. The van der Waals surface area contributed by atoms with Crippen molar-refractivity contribution < 1.29 is 18.3 Å². The number of methoxy groups -OCH3 is 1. The third kappa shape index (κ3) is 1.51. The van der Waals surface area contributed by atoms with Crippen LogP contribution in [0.15, 0.2) is 0 Å². The number of hydrogen-bond acceptors (Lipinski definition) is 3. The maximum absolute atomic E-state index is 12.5. The van der Waals surface area contributed by atoms with Crippen LogP contribution in [0.1, 0.15) is 0 Å². The first kappa shape index (κ1) is 11.6. The number of carbonyl (C=O) groups is 1. The summed E-state index contributed by atoms with van der Waals surface area (Å²) in [5, 5.41) is 0. The Labute approximate surface area is 74.7 Å². The molecule has 0 heterocycles. The lowest BCUT2D eigenvalue weighted by Crippen LogP contribution is -2.09. The van der Waals surface area contributed by atoms with Gasteiger partial charge < -0.3 is 10.5 Å². The topological polar surface area (TPSA) is 52.3 Å². The van der Waals surface area contributed by atoms with Gasteiger partial charge in [-0.05, 0) is 0 Å². The zero-order valence-electron chi connectivity index (χ0n) is 6.42. The van der Waals surface area contributed by atoms with Crippen LogP contribution < -0.4 is 5.73 Å². The first-order valence-electron chi connectivity index (χ1n) is 3.21. The van der Waals surface area contributed by atoms with Crippen LogP contribution in [0.3, 0.4) is 0 Å². The number of esters is 1. The zero-order chi connectivity index (χ0) is 8.65. The van der Waals surface area contributed by atoms with Gasteiger partial charge in [0.05, 0.1) is 13.0 Å². The predicted molar refractivity (Wildman–Crippen MR) is 40.2 cm³/mol. The summed E-state index contributed by atoms with van der Waals surface area (Å²) in [7, 11) is 1.09. The Balaban J connectivity index is 0.00000121. The van der Waals surface area contributed by atoms with Crippen molar-refractivity contribution in [3.63, 3.8) is 0 Å². The van der Waals surface area contributed by atoms with Gasteiger partial charge >= 0.3 is 5.97 Å². The summed E-state index contributed by atoms with van der Waals surface area (Å²) < 4.78 is 29.2. The van der Waals surface area contributed by atoms with E-state index in [1.54, 1.807) is 0 Å². The standard InChI is InChI=1S/C6H9F2NO2.ClH/c1-11-5(10)4-3(2-9)6(4,7)8;/h3-4H,2,9H2,1H3;1H/t3-,4-;/m1./s1. The van der Waals surface area contributed by atoms with E-state index in [0.717, 1.165) is 7.11 Å². The average Bonchev–Trinajstić information content (AvgIpc) is 2.51. The molecule has 0 amide bonds. The number of ether oxygens (including phenoxy) is 1. The smallest absolute Gasteiger partial charge is 0.315 e. The second kappa shape index (κ2) is 3.53. The highest BCUT2D eigenvalue weighted by atomic mass is 35.5. The van der Waals surface area contributed by atoms with E-state index in [9.17, 15) is 13.6 Å². The molecule has 72 valence electrons. The van der Waals surface area contributed by atoms with E-state index in [-0.39, 0.29) is 19.0 Å². The van der Waals surface area contributed by atoms with Gasteiger partial charge in [-0.2, -0.15) is 0 Å². The molecule has 1 aliphatic rings. The maximum atomic E-state index is 12.5. The van der Waals surface area contributed by atoms with Crippen LogP contribution in [-0.4, -0.2) is 25.5 Å². The van der Waals surface area contributed by atoms with E-state index < -0.39 is 23.7 Å². The van der Waals surface area contributed by atoms with Gasteiger partial charge in [0.2, 0.25) is 0 Å². The van der Waals surface area contributed by atoms with E-state index in [2.05, 4.69) is 4.74 Å². The molecular weight excluding hydrogens is 192 g/mol. The minimum Gasteiger partial charge on any atom is -0.469 e. The van der Waals surface area contributed by atoms with Gasteiger partial charge in [0, 0.05) is 6.54 Å². The molecule has 0 aromatic carbocycles. The molecule has 1 rings (SSSR count). The molecule has 0 radical (unpaired) electrons. The van der Waals surface area contributed by atoms with Crippen LogP contribution in [0, 0.1) is 11.8 Å². The Hall–Kier alpha value is -0.420. The molecule has 3 nitrogen and oxygen atoms in total. The number of alkyl halides is 2. The zero-order valence-corrected chi connectivity index (χ0v) is 7.24. The average molecular weight is 202 g/mol. The Morgan fingerprint density at radius 3 is 2.42 bits per heavy atom. The molecule has 0 aromatic heterocycles. The summed E-state index contributed by atoms with van der Waals surface area (Å²) in [5.74, 6) is -6.14. The first-order chi connectivity index (χ1) is 5.05. The van der Waals surface area contributed by atoms with Crippen LogP contribution in [0.4, 0.5) is 8.78 Å². The van der Waals surface area contributed by atoms with Crippen molar-refractivity contribution in [2.24, 2.45) is 17.6 Å². The fraction of sp³-hybridized carbons (Fsp3) is 0.833. The minimum absolute atomic E-state index is 0. The van der Waals surface area contributed by atoms with Gasteiger partial charge in [0.15, 0.2) is 0 Å². The largest absolute Gasteiger partial charge is 0.469 e. The summed E-state index contributed by atoms with van der Waals surface area (Å²) in [6.07, 6.45) is 0. The van der Waals surface area contributed by atoms with E-state index in [1.807, 2.05) is 0 Å². The molecule has 0 aliphatic heterocycles. The van der Waals surface area contributed by atoms with Gasteiger partial charge in [-0.3, -0.25) is 4.79 Å². The fourth-order valence-corrected chi connectivity index (χ4v) is 1.13. The number of hydrogen-bond donors (Lipinski definition) is 1. The molecule has 1 fully saturated rings. The Kier molecular flexibility index (Phi) is 3.41. The summed E-state index contributed by atoms with van der Waals surface area (Å²) >= 11 is 0. The van der Waals surface area contributed by atoms with Gasteiger partial charge in [0.1, 0.15) is 5.92 Å². The van der Waals surface area contributed by atoms with Crippen LogP contribution in [0.5, 0.6) is 0 Å². The summed E-state index contributed by atoms with van der Waals surface area (Å²) in [6, 6.07) is 0. The SMILES string of the molecule is COC(=O)[C@H]1[C@@H](CN)C1(F)F.Cl. The highest BCUT2D eigenvalue weighted by Crippen LogP contribution is 2.54. The Morgan fingerprint density at radius 2 is 2.17 bits per heavy atom. The van der Waals surface area contributed by atoms with Crippen molar-refractivity contribution >= 4 is 18.4 Å². The second-order valence-corrected chi connectivity index (χ2v) is 2.52. The number of rotatable bonds is 2. The highest BCUT2D eigenvalue weighted by molar-refractivity contribution is 5.85. The van der Waals surface area contributed by atoms with Crippen molar-refractivity contribution in [2.75, 3.05) is 13.7 Å². The van der Waals surface area contributed by atoms with E-state index in [4.69, 9.17) is 5.73 Å². The van der Waals surface area contributed by atoms with Crippen molar-refractivity contribution in [1.82, 2.24) is 0 Å². The number of carbonyl (C=O) groups excluding carboxylic acids is 1. The lowest BCUT2D eigenvalue weighted by atomic mass is 10.3. The van der Waals surface area contributed by atoms with Crippen molar-refractivity contribution in [2.45, 2.75) is 5.92 Å². The van der Waals surface area contributed by atoms with Crippen molar-refractivity contribution in [1.29, 1.82) is 0 Å². The van der Waals surface area contributed by atoms with E-state index in [1.165, 1.54) is 0 Å². The lowest BCUT2D eigenvalue weighted by Gasteiger charge is -1.93. The molecule has 0 bridgehead atoms. The quantitative estimate of drug-likeness (QED) is 0.659. The van der Waals surface area contributed by atoms with Crippen molar-refractivity contribution in [3.05, 3.63) is 0 Å². The number of nitrogens with two attached hydrogens (primary N) is 1. The van der Waals surface area contributed by atoms with Crippen LogP contribution in [-0.2, 0) is 9.53 Å². The summed E-state index contributed by atoms with van der Waals surface area (Å²) in [6.45, 7) is -0.174. The first-order valence-corrected chi connectivity index (χ1v) is 3.21. The van der Waals surface area contributed by atoms with E-state index in [0.29, 0.717) is 0 Å². The molecule has 2 atom stereocenters. The highest BCUT2D eigenvalue weighted by Gasteiger charge is 2.71.